The molecule has 2 heterocycles. The Morgan fingerprint density at radius 3 is 2.57 bits per heavy atom. The van der Waals surface area contributed by atoms with E-state index in [4.69, 9.17) is 0 Å². The van der Waals surface area contributed by atoms with Crippen molar-refractivity contribution in [1.82, 2.24) is 15.0 Å². The van der Waals surface area contributed by atoms with Crippen molar-refractivity contribution in [2.75, 3.05) is 0 Å². The molecule has 2 aromatic heterocycles. The summed E-state index contributed by atoms with van der Waals surface area (Å²) in [6.07, 6.45) is 7.19. The first kappa shape index (κ1) is 8.50. The van der Waals surface area contributed by atoms with Crippen molar-refractivity contribution in [3.05, 3.63) is 42.6 Å². The highest BCUT2D eigenvalue weighted by atomic mass is 16.1. The lowest BCUT2D eigenvalue weighted by Crippen LogP contribution is -1.88. The highest BCUT2D eigenvalue weighted by Gasteiger charge is 1.98. The molecule has 68 valence electrons. The van der Waals surface area contributed by atoms with Gasteiger partial charge in [-0.3, -0.25) is 19.7 Å². The molecule has 0 aromatic carbocycles. The number of nitrogens with zero attached hydrogens (tertiary/aromatic N) is 3. The van der Waals surface area contributed by atoms with Gasteiger partial charge in [0.15, 0.2) is 6.29 Å². The average Bonchev–Trinajstić information content (AvgIpc) is 2.30. The number of aldehydes is 1. The van der Waals surface area contributed by atoms with Gasteiger partial charge >= 0.3 is 0 Å². The summed E-state index contributed by atoms with van der Waals surface area (Å²) in [7, 11) is 0. The smallest absolute Gasteiger partial charge is 0.168 e. The Hall–Kier alpha value is -2.10. The molecule has 14 heavy (non-hydrogen) atoms. The summed E-state index contributed by atoms with van der Waals surface area (Å²) in [5.41, 5.74) is 2.01. The van der Waals surface area contributed by atoms with Crippen LogP contribution in [0.4, 0.5) is 0 Å². The van der Waals surface area contributed by atoms with Crippen molar-refractivity contribution in [2.24, 2.45) is 0 Å². The van der Waals surface area contributed by atoms with Crippen molar-refractivity contribution >= 4 is 6.29 Å². The van der Waals surface area contributed by atoms with Gasteiger partial charge in [0.2, 0.25) is 0 Å². The maximum absolute atomic E-state index is 10.4. The zero-order valence-corrected chi connectivity index (χ0v) is 7.29. The van der Waals surface area contributed by atoms with Gasteiger partial charge < -0.3 is 0 Å². The van der Waals surface area contributed by atoms with Gasteiger partial charge in [0.25, 0.3) is 0 Å². The highest BCUT2D eigenvalue weighted by molar-refractivity contribution is 5.72. The summed E-state index contributed by atoms with van der Waals surface area (Å²) in [6.45, 7) is 0. The lowest BCUT2D eigenvalue weighted by atomic mass is 10.2. The Balaban J connectivity index is 2.39. The summed E-state index contributed by atoms with van der Waals surface area (Å²) in [5, 5.41) is 0. The van der Waals surface area contributed by atoms with Gasteiger partial charge in [-0.1, -0.05) is 0 Å². The van der Waals surface area contributed by atoms with E-state index in [-0.39, 0.29) is 0 Å². The predicted octanol–water partition coefficient (Wildman–Crippen LogP) is 1.35. The van der Waals surface area contributed by atoms with Crippen LogP contribution in [0, 0.1) is 0 Å². The topological polar surface area (TPSA) is 55.7 Å². The van der Waals surface area contributed by atoms with Crippen LogP contribution in [0.15, 0.2) is 36.9 Å². The van der Waals surface area contributed by atoms with E-state index in [0.29, 0.717) is 12.0 Å². The van der Waals surface area contributed by atoms with Crippen LogP contribution >= 0.6 is 0 Å². The Labute approximate surface area is 80.7 Å². The summed E-state index contributed by atoms with van der Waals surface area (Å²) in [4.78, 5) is 22.4. The van der Waals surface area contributed by atoms with E-state index in [0.717, 1.165) is 11.3 Å². The molecule has 4 nitrogen and oxygen atoms in total. The van der Waals surface area contributed by atoms with Gasteiger partial charge in [-0.2, -0.15) is 0 Å². The third kappa shape index (κ3) is 1.64. The number of pyridine rings is 1. The molecule has 0 aliphatic rings. The molecule has 2 rings (SSSR count). The van der Waals surface area contributed by atoms with Crippen LogP contribution in [0.25, 0.3) is 11.3 Å². The molecule has 0 fully saturated rings. The molecule has 0 saturated heterocycles. The molecule has 0 aliphatic carbocycles. The third-order valence-corrected chi connectivity index (χ3v) is 1.77. The summed E-state index contributed by atoms with van der Waals surface area (Å²) in [5.74, 6) is 0. The Kier molecular flexibility index (Phi) is 2.27. The van der Waals surface area contributed by atoms with Crippen molar-refractivity contribution in [3.8, 4) is 11.3 Å². The van der Waals surface area contributed by atoms with Gasteiger partial charge in [0.1, 0.15) is 5.69 Å². The molecule has 0 unspecified atom stereocenters. The molecule has 0 amide bonds. The van der Waals surface area contributed by atoms with Crippen LogP contribution in [0.3, 0.4) is 0 Å². The summed E-state index contributed by atoms with van der Waals surface area (Å²) in [6, 6.07) is 3.44. The second-order valence-corrected chi connectivity index (χ2v) is 2.68. The van der Waals surface area contributed by atoms with Crippen molar-refractivity contribution in [1.29, 1.82) is 0 Å². The average molecular weight is 185 g/mol. The lowest BCUT2D eigenvalue weighted by molar-refractivity contribution is 0.111. The molecule has 0 spiro atoms. The minimum Gasteiger partial charge on any atom is -0.296 e. The number of rotatable bonds is 2. The standard InChI is InChI=1S/C10H7N3O/c14-7-9-2-1-8(5-13-9)10-6-11-3-4-12-10/h1-7H. The first-order valence-corrected chi connectivity index (χ1v) is 4.08. The fourth-order valence-corrected chi connectivity index (χ4v) is 1.07. The molecule has 0 radical (unpaired) electrons. The van der Waals surface area contributed by atoms with E-state index in [2.05, 4.69) is 15.0 Å². The first-order valence-electron chi connectivity index (χ1n) is 4.08. The van der Waals surface area contributed by atoms with E-state index in [9.17, 15) is 4.79 Å². The van der Waals surface area contributed by atoms with Gasteiger partial charge in [0.05, 0.1) is 11.9 Å². The van der Waals surface area contributed by atoms with Crippen LogP contribution in [-0.4, -0.2) is 21.2 Å². The maximum Gasteiger partial charge on any atom is 0.168 e. The van der Waals surface area contributed by atoms with Crippen LogP contribution in [0.2, 0.25) is 0 Å². The monoisotopic (exact) mass is 185 g/mol. The highest BCUT2D eigenvalue weighted by Crippen LogP contribution is 2.13. The fraction of sp³-hybridized carbons (Fsp3) is 0. The van der Waals surface area contributed by atoms with Crippen LogP contribution in [-0.2, 0) is 0 Å². The van der Waals surface area contributed by atoms with Crippen molar-refractivity contribution in [2.45, 2.75) is 0 Å². The normalized spacial score (nSPS) is 9.71. The Bertz CT molecular complexity index is 425. The van der Waals surface area contributed by atoms with E-state index in [1.165, 1.54) is 0 Å². The van der Waals surface area contributed by atoms with Gasteiger partial charge in [-0.25, -0.2) is 0 Å². The number of hydrogen-bond donors (Lipinski definition) is 0. The molecule has 2 aromatic rings. The molecule has 0 N–H and O–H groups in total. The van der Waals surface area contributed by atoms with Crippen molar-refractivity contribution < 1.29 is 4.79 Å². The molecular weight excluding hydrogens is 178 g/mol. The van der Waals surface area contributed by atoms with Crippen LogP contribution in [0.1, 0.15) is 10.5 Å². The number of aromatic nitrogens is 3. The largest absolute Gasteiger partial charge is 0.296 e. The predicted molar refractivity (Wildman–Crippen MR) is 50.7 cm³/mol. The van der Waals surface area contributed by atoms with Gasteiger partial charge in [-0.15, -0.1) is 0 Å². The Morgan fingerprint density at radius 1 is 1.07 bits per heavy atom. The van der Waals surface area contributed by atoms with Gasteiger partial charge in [0, 0.05) is 24.2 Å². The summed E-state index contributed by atoms with van der Waals surface area (Å²) < 4.78 is 0. The van der Waals surface area contributed by atoms with E-state index in [1.54, 1.807) is 36.9 Å². The minimum absolute atomic E-state index is 0.414. The quantitative estimate of drug-likeness (QED) is 0.662. The van der Waals surface area contributed by atoms with Gasteiger partial charge in [-0.05, 0) is 12.1 Å². The molecule has 0 bridgehead atoms. The molecule has 0 atom stereocenters. The molecule has 0 saturated carbocycles. The van der Waals surface area contributed by atoms with E-state index >= 15 is 0 Å². The molecular formula is C10H7N3O. The molecule has 4 heteroatoms. The van der Waals surface area contributed by atoms with Crippen molar-refractivity contribution in [3.63, 3.8) is 0 Å². The zero-order chi connectivity index (χ0) is 9.80. The number of hydrogen-bond acceptors (Lipinski definition) is 4. The number of carbonyl (C=O) groups is 1. The minimum atomic E-state index is 0.414. The lowest BCUT2D eigenvalue weighted by Gasteiger charge is -1.98. The number of carbonyl (C=O) groups excluding carboxylic acids is 1. The second kappa shape index (κ2) is 3.74. The van der Waals surface area contributed by atoms with Crippen LogP contribution < -0.4 is 0 Å². The summed E-state index contributed by atoms with van der Waals surface area (Å²) >= 11 is 0. The van der Waals surface area contributed by atoms with Crippen LogP contribution in [0.5, 0.6) is 0 Å². The maximum atomic E-state index is 10.4. The first-order chi connectivity index (χ1) is 6.90. The van der Waals surface area contributed by atoms with E-state index < -0.39 is 0 Å². The fourth-order valence-electron chi connectivity index (χ4n) is 1.07. The zero-order valence-electron chi connectivity index (χ0n) is 7.29. The Morgan fingerprint density at radius 2 is 2.00 bits per heavy atom. The second-order valence-electron chi connectivity index (χ2n) is 2.68. The SMILES string of the molecule is O=Cc1ccc(-c2cnccn2)cn1. The molecule has 0 aliphatic heterocycles. The van der Waals surface area contributed by atoms with E-state index in [1.807, 2.05) is 0 Å². The third-order valence-electron chi connectivity index (χ3n) is 1.77.